The van der Waals surface area contributed by atoms with E-state index in [4.69, 9.17) is 9.47 Å². The molecule has 0 saturated heterocycles. The molecule has 0 amide bonds. The summed E-state index contributed by atoms with van der Waals surface area (Å²) in [5, 5.41) is 3.44. The number of ether oxygens (including phenoxy) is 2. The van der Waals surface area contributed by atoms with Crippen LogP contribution >= 0.6 is 0 Å². The van der Waals surface area contributed by atoms with Gasteiger partial charge in [0.05, 0.1) is 14.2 Å². The largest absolute Gasteiger partial charge is 0.493 e. The molecule has 1 aromatic carbocycles. The summed E-state index contributed by atoms with van der Waals surface area (Å²) in [6.45, 7) is 3.86. The van der Waals surface area contributed by atoms with Crippen LogP contribution in [0.4, 0.5) is 5.82 Å². The fourth-order valence-electron chi connectivity index (χ4n) is 3.49. The van der Waals surface area contributed by atoms with Gasteiger partial charge in [0, 0.05) is 38.3 Å². The number of aromatic nitrogens is 2. The molecular formula is C20H26N4O2. The summed E-state index contributed by atoms with van der Waals surface area (Å²) in [6, 6.07) is 6.18. The molecule has 2 heterocycles. The van der Waals surface area contributed by atoms with Crippen molar-refractivity contribution in [3.63, 3.8) is 0 Å². The Labute approximate surface area is 154 Å². The number of hydrogen-bond acceptors (Lipinski definition) is 6. The second-order valence-corrected chi connectivity index (χ2v) is 7.00. The summed E-state index contributed by atoms with van der Waals surface area (Å²) >= 11 is 0. The lowest BCUT2D eigenvalue weighted by molar-refractivity contribution is 0.262. The molecule has 6 heteroatoms. The lowest BCUT2D eigenvalue weighted by Gasteiger charge is -2.29. The molecule has 0 unspecified atom stereocenters. The van der Waals surface area contributed by atoms with E-state index in [9.17, 15) is 0 Å². The third-order valence-corrected chi connectivity index (χ3v) is 5.15. The van der Waals surface area contributed by atoms with Crippen LogP contribution in [0.1, 0.15) is 35.7 Å². The smallest absolute Gasteiger partial charge is 0.161 e. The fourth-order valence-corrected chi connectivity index (χ4v) is 3.49. The maximum atomic E-state index is 5.44. The molecule has 1 aliphatic heterocycles. The van der Waals surface area contributed by atoms with Gasteiger partial charge in [-0.05, 0) is 48.6 Å². The highest BCUT2D eigenvalue weighted by atomic mass is 16.5. The van der Waals surface area contributed by atoms with Gasteiger partial charge < -0.3 is 14.8 Å². The predicted octanol–water partition coefficient (Wildman–Crippen LogP) is 2.84. The molecule has 1 fully saturated rings. The first kappa shape index (κ1) is 17.1. The number of nitrogens with zero attached hydrogens (tertiary/aromatic N) is 3. The zero-order valence-corrected chi connectivity index (χ0v) is 15.5. The van der Waals surface area contributed by atoms with Gasteiger partial charge in [-0.1, -0.05) is 0 Å². The average Bonchev–Trinajstić information content (AvgIpc) is 3.52. The molecule has 26 heavy (non-hydrogen) atoms. The number of hydrogen-bond donors (Lipinski definition) is 1. The molecule has 1 N–H and O–H groups in total. The van der Waals surface area contributed by atoms with E-state index < -0.39 is 0 Å². The van der Waals surface area contributed by atoms with Gasteiger partial charge >= 0.3 is 0 Å². The molecule has 4 rings (SSSR count). The Morgan fingerprint density at radius 3 is 2.65 bits per heavy atom. The normalized spacial score (nSPS) is 16.8. The van der Waals surface area contributed by atoms with Crippen molar-refractivity contribution >= 4 is 5.82 Å². The second-order valence-electron chi connectivity index (χ2n) is 7.00. The molecule has 6 nitrogen and oxygen atoms in total. The maximum Gasteiger partial charge on any atom is 0.161 e. The van der Waals surface area contributed by atoms with E-state index in [-0.39, 0.29) is 0 Å². The minimum Gasteiger partial charge on any atom is -0.493 e. The van der Waals surface area contributed by atoms with Crippen molar-refractivity contribution in [2.45, 2.75) is 31.7 Å². The van der Waals surface area contributed by atoms with Crippen LogP contribution in [0, 0.1) is 0 Å². The van der Waals surface area contributed by atoms with Gasteiger partial charge in [-0.3, -0.25) is 4.90 Å². The van der Waals surface area contributed by atoms with E-state index in [0.717, 1.165) is 55.7 Å². The van der Waals surface area contributed by atoms with Crippen LogP contribution in [-0.4, -0.2) is 48.7 Å². The number of anilines is 1. The van der Waals surface area contributed by atoms with Gasteiger partial charge in [-0.25, -0.2) is 9.97 Å². The average molecular weight is 354 g/mol. The number of rotatable bonds is 7. The molecule has 0 bridgehead atoms. The molecule has 1 aromatic heterocycles. The quantitative estimate of drug-likeness (QED) is 0.825. The first-order valence-corrected chi connectivity index (χ1v) is 9.29. The van der Waals surface area contributed by atoms with Crippen molar-refractivity contribution in [1.82, 2.24) is 14.9 Å². The van der Waals surface area contributed by atoms with Crippen molar-refractivity contribution in [1.29, 1.82) is 0 Å². The minimum atomic E-state index is 0.585. The topological polar surface area (TPSA) is 59.5 Å². The molecule has 2 aliphatic rings. The standard InChI is InChI=1S/C20H26N4O2/c1-25-17-11-15-6-9-24(13-16(15)12-18(17)26-2)10-8-21-19-5-7-22-20(23-19)14-3-4-14/h5,7,11-12,14H,3-4,6,8-10,13H2,1-2H3,(H,21,22,23). The Bertz CT molecular complexity index is 776. The predicted molar refractivity (Wildman–Crippen MR) is 101 cm³/mol. The SMILES string of the molecule is COc1cc2c(cc1OC)CN(CCNc1ccnc(C3CC3)n1)CC2. The van der Waals surface area contributed by atoms with E-state index in [1.165, 1.54) is 24.0 Å². The van der Waals surface area contributed by atoms with Crippen LogP contribution < -0.4 is 14.8 Å². The van der Waals surface area contributed by atoms with Crippen LogP contribution in [0.25, 0.3) is 0 Å². The van der Waals surface area contributed by atoms with E-state index >= 15 is 0 Å². The zero-order chi connectivity index (χ0) is 17.9. The number of methoxy groups -OCH3 is 2. The highest BCUT2D eigenvalue weighted by molar-refractivity contribution is 5.48. The Balaban J connectivity index is 1.33. The molecule has 0 atom stereocenters. The van der Waals surface area contributed by atoms with E-state index in [1.54, 1.807) is 14.2 Å². The molecule has 1 aliphatic carbocycles. The highest BCUT2D eigenvalue weighted by Crippen LogP contribution is 2.38. The number of fused-ring (bicyclic) bond motifs is 1. The highest BCUT2D eigenvalue weighted by Gasteiger charge is 2.26. The summed E-state index contributed by atoms with van der Waals surface area (Å²) in [4.78, 5) is 11.5. The van der Waals surface area contributed by atoms with E-state index in [0.29, 0.717) is 5.92 Å². The summed E-state index contributed by atoms with van der Waals surface area (Å²) in [7, 11) is 3.37. The molecule has 1 saturated carbocycles. The molecular weight excluding hydrogens is 328 g/mol. The molecule has 138 valence electrons. The Morgan fingerprint density at radius 1 is 1.15 bits per heavy atom. The van der Waals surface area contributed by atoms with Gasteiger partial charge in [0.2, 0.25) is 0 Å². The van der Waals surface area contributed by atoms with Gasteiger partial charge in [-0.15, -0.1) is 0 Å². The first-order chi connectivity index (χ1) is 12.8. The third kappa shape index (κ3) is 3.75. The van der Waals surface area contributed by atoms with Crippen LogP contribution in [-0.2, 0) is 13.0 Å². The number of nitrogens with one attached hydrogen (secondary N) is 1. The summed E-state index contributed by atoms with van der Waals surface area (Å²) in [6.07, 6.45) is 5.35. The van der Waals surface area contributed by atoms with Crippen LogP contribution in [0.5, 0.6) is 11.5 Å². The summed E-state index contributed by atoms with van der Waals surface area (Å²) in [5.41, 5.74) is 2.68. The summed E-state index contributed by atoms with van der Waals surface area (Å²) in [5.74, 6) is 4.13. The van der Waals surface area contributed by atoms with Crippen molar-refractivity contribution in [2.24, 2.45) is 0 Å². The van der Waals surface area contributed by atoms with Crippen molar-refractivity contribution in [3.8, 4) is 11.5 Å². The van der Waals surface area contributed by atoms with Crippen molar-refractivity contribution in [2.75, 3.05) is 39.2 Å². The summed E-state index contributed by atoms with van der Waals surface area (Å²) < 4.78 is 10.9. The monoisotopic (exact) mass is 354 g/mol. The second kappa shape index (κ2) is 7.50. The number of benzene rings is 1. The Morgan fingerprint density at radius 2 is 1.92 bits per heavy atom. The molecule has 0 spiro atoms. The van der Waals surface area contributed by atoms with Crippen LogP contribution in [0.3, 0.4) is 0 Å². The van der Waals surface area contributed by atoms with Crippen LogP contribution in [0.2, 0.25) is 0 Å². The minimum absolute atomic E-state index is 0.585. The molecule has 0 radical (unpaired) electrons. The van der Waals surface area contributed by atoms with Crippen molar-refractivity contribution in [3.05, 3.63) is 41.3 Å². The van der Waals surface area contributed by atoms with Crippen molar-refractivity contribution < 1.29 is 9.47 Å². The maximum absolute atomic E-state index is 5.44. The van der Waals surface area contributed by atoms with Gasteiger partial charge in [0.25, 0.3) is 0 Å². The lowest BCUT2D eigenvalue weighted by atomic mass is 9.99. The van der Waals surface area contributed by atoms with Gasteiger partial charge in [0.15, 0.2) is 11.5 Å². The van der Waals surface area contributed by atoms with E-state index in [2.05, 4.69) is 32.3 Å². The van der Waals surface area contributed by atoms with E-state index in [1.807, 2.05) is 12.3 Å². The Kier molecular flexibility index (Phi) is 4.93. The first-order valence-electron chi connectivity index (χ1n) is 9.29. The van der Waals surface area contributed by atoms with Crippen LogP contribution in [0.15, 0.2) is 24.4 Å². The van der Waals surface area contributed by atoms with Gasteiger partial charge in [-0.2, -0.15) is 0 Å². The fraction of sp³-hybridized carbons (Fsp3) is 0.500. The molecule has 2 aromatic rings. The third-order valence-electron chi connectivity index (χ3n) is 5.15. The zero-order valence-electron chi connectivity index (χ0n) is 15.5. The lowest BCUT2D eigenvalue weighted by Crippen LogP contribution is -2.34. The Hall–Kier alpha value is -2.34. The van der Waals surface area contributed by atoms with Gasteiger partial charge in [0.1, 0.15) is 11.6 Å².